The van der Waals surface area contributed by atoms with Gasteiger partial charge in [0.05, 0.1) is 13.7 Å². The minimum Gasteiger partial charge on any atom is -0.497 e. The van der Waals surface area contributed by atoms with Gasteiger partial charge in [0.25, 0.3) is 5.91 Å². The van der Waals surface area contributed by atoms with Gasteiger partial charge in [-0.2, -0.15) is 0 Å². The van der Waals surface area contributed by atoms with E-state index in [1.807, 2.05) is 29.2 Å². The van der Waals surface area contributed by atoms with E-state index in [1.165, 1.54) is 0 Å². The third-order valence-corrected chi connectivity index (χ3v) is 5.29. The molecule has 2 aliphatic rings. The number of benzene rings is 1. The number of hydrogen-bond donors (Lipinski definition) is 0. The quantitative estimate of drug-likeness (QED) is 0.854. The smallest absolute Gasteiger partial charge is 0.253 e. The minimum absolute atomic E-state index is 0.0946. The van der Waals surface area contributed by atoms with E-state index in [4.69, 9.17) is 14.2 Å². The van der Waals surface area contributed by atoms with Crippen LogP contribution in [-0.4, -0.2) is 57.9 Å². The third kappa shape index (κ3) is 3.21. The van der Waals surface area contributed by atoms with Crippen LogP contribution >= 0.6 is 0 Å². The molecule has 5 nitrogen and oxygen atoms in total. The Morgan fingerprint density at radius 3 is 2.57 bits per heavy atom. The Kier molecular flexibility index (Phi) is 4.87. The van der Waals surface area contributed by atoms with E-state index in [9.17, 15) is 4.79 Å². The Labute approximate surface area is 137 Å². The molecule has 1 atom stereocenters. The third-order valence-electron chi connectivity index (χ3n) is 5.29. The van der Waals surface area contributed by atoms with Gasteiger partial charge in [-0.05, 0) is 42.5 Å². The second-order valence-corrected chi connectivity index (χ2v) is 6.54. The van der Waals surface area contributed by atoms with Gasteiger partial charge in [-0.25, -0.2) is 0 Å². The lowest BCUT2D eigenvalue weighted by Crippen LogP contribution is -2.39. The largest absolute Gasteiger partial charge is 0.497 e. The first-order valence-corrected chi connectivity index (χ1v) is 8.18. The summed E-state index contributed by atoms with van der Waals surface area (Å²) in [5.74, 6) is 1.25. The van der Waals surface area contributed by atoms with Crippen LogP contribution in [0.4, 0.5) is 0 Å². The van der Waals surface area contributed by atoms with E-state index in [0.717, 1.165) is 44.9 Å². The number of likely N-dealkylation sites (tertiary alicyclic amines) is 1. The van der Waals surface area contributed by atoms with Gasteiger partial charge in [0, 0.05) is 44.9 Å². The van der Waals surface area contributed by atoms with E-state index < -0.39 is 0 Å². The first-order valence-electron chi connectivity index (χ1n) is 8.18. The number of nitrogens with zero attached hydrogens (tertiary/aromatic N) is 1. The Morgan fingerprint density at radius 2 is 1.96 bits per heavy atom. The predicted molar refractivity (Wildman–Crippen MR) is 86.7 cm³/mol. The van der Waals surface area contributed by atoms with Crippen molar-refractivity contribution in [2.24, 2.45) is 11.3 Å². The molecule has 0 N–H and O–H groups in total. The maximum absolute atomic E-state index is 12.8. The topological polar surface area (TPSA) is 48.0 Å². The summed E-state index contributed by atoms with van der Waals surface area (Å²) in [6.45, 7) is 3.83. The van der Waals surface area contributed by atoms with Crippen molar-refractivity contribution in [3.63, 3.8) is 0 Å². The van der Waals surface area contributed by atoms with Crippen molar-refractivity contribution in [2.45, 2.75) is 12.8 Å². The summed E-state index contributed by atoms with van der Waals surface area (Å²) < 4.78 is 16.1. The molecule has 0 bridgehead atoms. The molecule has 0 saturated carbocycles. The summed E-state index contributed by atoms with van der Waals surface area (Å²) in [7, 11) is 3.36. The summed E-state index contributed by atoms with van der Waals surface area (Å²) in [4.78, 5) is 14.8. The van der Waals surface area contributed by atoms with Gasteiger partial charge in [-0.15, -0.1) is 0 Å². The molecule has 1 aromatic carbocycles. The standard InChI is InChI=1S/C18H25NO4/c1-21-12-15-11-19(13-18(15)7-9-23-10-8-18)17(20)14-3-5-16(22-2)6-4-14/h3-6,15H,7-13H2,1-2H3. The van der Waals surface area contributed by atoms with Gasteiger partial charge in [-0.3, -0.25) is 4.79 Å². The van der Waals surface area contributed by atoms with Crippen molar-refractivity contribution in [3.8, 4) is 5.75 Å². The van der Waals surface area contributed by atoms with Crippen LogP contribution in [0.5, 0.6) is 5.75 Å². The summed E-state index contributed by atoms with van der Waals surface area (Å²) >= 11 is 0. The molecule has 5 heteroatoms. The monoisotopic (exact) mass is 319 g/mol. The molecule has 1 spiro atoms. The molecule has 0 radical (unpaired) electrons. The van der Waals surface area contributed by atoms with Crippen LogP contribution in [0.1, 0.15) is 23.2 Å². The molecule has 2 aliphatic heterocycles. The summed E-state index contributed by atoms with van der Waals surface area (Å²) in [6, 6.07) is 7.34. The fraction of sp³-hybridized carbons (Fsp3) is 0.611. The first kappa shape index (κ1) is 16.3. The molecule has 2 fully saturated rings. The lowest BCUT2D eigenvalue weighted by Gasteiger charge is -2.37. The second-order valence-electron chi connectivity index (χ2n) is 6.54. The van der Waals surface area contributed by atoms with Gasteiger partial charge in [0.1, 0.15) is 5.75 Å². The van der Waals surface area contributed by atoms with Crippen molar-refractivity contribution in [2.75, 3.05) is 47.1 Å². The average Bonchev–Trinajstić information content (AvgIpc) is 2.93. The Morgan fingerprint density at radius 1 is 1.26 bits per heavy atom. The maximum Gasteiger partial charge on any atom is 0.253 e. The van der Waals surface area contributed by atoms with Gasteiger partial charge in [-0.1, -0.05) is 0 Å². The highest BCUT2D eigenvalue weighted by atomic mass is 16.5. The molecule has 2 saturated heterocycles. The molecule has 3 rings (SSSR count). The highest BCUT2D eigenvalue weighted by Crippen LogP contribution is 2.44. The second kappa shape index (κ2) is 6.89. The van der Waals surface area contributed by atoms with Crippen LogP contribution < -0.4 is 4.74 Å². The minimum atomic E-state index is 0.0946. The van der Waals surface area contributed by atoms with Gasteiger partial charge in [0.2, 0.25) is 0 Å². The maximum atomic E-state index is 12.8. The molecule has 2 heterocycles. The van der Waals surface area contributed by atoms with Crippen LogP contribution in [0.2, 0.25) is 0 Å². The molecular formula is C18H25NO4. The summed E-state index contributed by atoms with van der Waals surface area (Å²) in [6.07, 6.45) is 2.01. The first-order chi connectivity index (χ1) is 11.2. The van der Waals surface area contributed by atoms with E-state index in [1.54, 1.807) is 14.2 Å². The van der Waals surface area contributed by atoms with Gasteiger partial charge >= 0.3 is 0 Å². The number of carbonyl (C=O) groups excluding carboxylic acids is 1. The highest BCUT2D eigenvalue weighted by molar-refractivity contribution is 5.94. The van der Waals surface area contributed by atoms with Crippen molar-refractivity contribution in [1.82, 2.24) is 4.90 Å². The number of hydrogen-bond acceptors (Lipinski definition) is 4. The van der Waals surface area contributed by atoms with Crippen molar-refractivity contribution < 1.29 is 19.0 Å². The number of amides is 1. The molecular weight excluding hydrogens is 294 g/mol. The van der Waals surface area contributed by atoms with Crippen LogP contribution in [0, 0.1) is 11.3 Å². The molecule has 126 valence electrons. The van der Waals surface area contributed by atoms with Crippen molar-refractivity contribution in [1.29, 1.82) is 0 Å². The predicted octanol–water partition coefficient (Wildman–Crippen LogP) is 2.21. The summed E-state index contributed by atoms with van der Waals surface area (Å²) in [5, 5.41) is 0. The lowest BCUT2D eigenvalue weighted by atomic mass is 9.72. The van der Waals surface area contributed by atoms with Crippen LogP contribution in [0.15, 0.2) is 24.3 Å². The fourth-order valence-corrected chi connectivity index (χ4v) is 3.88. The zero-order valence-electron chi connectivity index (χ0n) is 13.9. The van der Waals surface area contributed by atoms with E-state index >= 15 is 0 Å². The van der Waals surface area contributed by atoms with Crippen molar-refractivity contribution in [3.05, 3.63) is 29.8 Å². The van der Waals surface area contributed by atoms with Crippen LogP contribution in [0.3, 0.4) is 0 Å². The lowest BCUT2D eigenvalue weighted by molar-refractivity contribution is -0.0169. The molecule has 1 amide bonds. The number of rotatable bonds is 4. The zero-order chi connectivity index (χ0) is 16.3. The molecule has 0 aromatic heterocycles. The number of methoxy groups -OCH3 is 2. The normalized spacial score (nSPS) is 23.2. The molecule has 1 unspecified atom stereocenters. The van der Waals surface area contributed by atoms with E-state index in [0.29, 0.717) is 18.1 Å². The van der Waals surface area contributed by atoms with Crippen LogP contribution in [-0.2, 0) is 9.47 Å². The van der Waals surface area contributed by atoms with Gasteiger partial charge < -0.3 is 19.1 Å². The molecule has 0 aliphatic carbocycles. The Balaban J connectivity index is 1.76. The van der Waals surface area contributed by atoms with E-state index in [2.05, 4.69) is 0 Å². The Bertz CT molecular complexity index is 536. The SMILES string of the molecule is COCC1CN(C(=O)c2ccc(OC)cc2)CC12CCOCC2. The zero-order valence-corrected chi connectivity index (χ0v) is 13.9. The average molecular weight is 319 g/mol. The van der Waals surface area contributed by atoms with Crippen molar-refractivity contribution >= 4 is 5.91 Å². The fourth-order valence-electron chi connectivity index (χ4n) is 3.88. The van der Waals surface area contributed by atoms with Gasteiger partial charge in [0.15, 0.2) is 0 Å². The number of carbonyl (C=O) groups is 1. The molecule has 23 heavy (non-hydrogen) atoms. The number of ether oxygens (including phenoxy) is 3. The Hall–Kier alpha value is -1.59. The highest BCUT2D eigenvalue weighted by Gasteiger charge is 2.48. The van der Waals surface area contributed by atoms with E-state index in [-0.39, 0.29) is 11.3 Å². The molecule has 1 aromatic rings. The summed E-state index contributed by atoms with van der Waals surface area (Å²) in [5.41, 5.74) is 0.863. The van der Waals surface area contributed by atoms with Crippen LogP contribution in [0.25, 0.3) is 0 Å².